The average molecular weight is 246 g/mol. The number of hydrogen-bond donors (Lipinski definition) is 0. The lowest BCUT2D eigenvalue weighted by Gasteiger charge is -2.01. The number of nitriles is 1. The van der Waals surface area contributed by atoms with Gasteiger partial charge in [0.15, 0.2) is 0 Å². The fourth-order valence-corrected chi connectivity index (χ4v) is 2.45. The highest BCUT2D eigenvalue weighted by Crippen LogP contribution is 2.08. The molecular formula is C8H8ClN3O2S. The number of sulfone groups is 1. The van der Waals surface area contributed by atoms with E-state index in [9.17, 15) is 8.42 Å². The van der Waals surface area contributed by atoms with E-state index in [1.807, 2.05) is 0 Å². The molecule has 0 N–H and O–H groups in total. The molecule has 0 aliphatic heterocycles. The summed E-state index contributed by atoms with van der Waals surface area (Å²) >= 11 is 5.35. The molecule has 0 radical (unpaired) electrons. The highest BCUT2D eigenvalue weighted by atomic mass is 35.5. The normalized spacial score (nSPS) is 11.0. The third kappa shape index (κ3) is 2.88. The second-order valence-corrected chi connectivity index (χ2v) is 5.18. The molecule has 1 rings (SSSR count). The van der Waals surface area contributed by atoms with Crippen molar-refractivity contribution in [1.82, 2.24) is 9.97 Å². The van der Waals surface area contributed by atoms with Crippen molar-refractivity contribution in [2.75, 3.05) is 11.6 Å². The number of nitrogens with zero attached hydrogens (tertiary/aromatic N) is 3. The van der Waals surface area contributed by atoms with Gasteiger partial charge in [-0.05, 0) is 13.0 Å². The van der Waals surface area contributed by atoms with E-state index in [2.05, 4.69) is 9.97 Å². The maximum atomic E-state index is 11.5. The van der Waals surface area contributed by atoms with Crippen molar-refractivity contribution in [1.29, 1.82) is 5.26 Å². The first-order valence-corrected chi connectivity index (χ1v) is 6.23. The lowest BCUT2D eigenvalue weighted by atomic mass is 10.4. The van der Waals surface area contributed by atoms with E-state index in [0.29, 0.717) is 5.69 Å². The Morgan fingerprint density at radius 3 is 2.73 bits per heavy atom. The summed E-state index contributed by atoms with van der Waals surface area (Å²) in [6, 6.07) is 3.19. The van der Waals surface area contributed by atoms with Crippen LogP contribution in [0.4, 0.5) is 0 Å². The van der Waals surface area contributed by atoms with Crippen LogP contribution in [0, 0.1) is 18.3 Å². The van der Waals surface area contributed by atoms with Gasteiger partial charge in [-0.1, -0.05) is 0 Å². The molecule has 0 bridgehead atoms. The molecule has 80 valence electrons. The van der Waals surface area contributed by atoms with E-state index in [1.54, 1.807) is 13.0 Å². The van der Waals surface area contributed by atoms with Crippen LogP contribution in [0.15, 0.2) is 11.2 Å². The Morgan fingerprint density at radius 2 is 2.20 bits per heavy atom. The van der Waals surface area contributed by atoms with E-state index < -0.39 is 9.84 Å². The van der Waals surface area contributed by atoms with Crippen LogP contribution in [0.5, 0.6) is 0 Å². The van der Waals surface area contributed by atoms with E-state index in [-0.39, 0.29) is 22.5 Å². The third-order valence-electron chi connectivity index (χ3n) is 1.57. The lowest BCUT2D eigenvalue weighted by Crippen LogP contribution is -2.13. The molecule has 1 aromatic heterocycles. The van der Waals surface area contributed by atoms with Gasteiger partial charge in [-0.25, -0.2) is 18.4 Å². The molecule has 1 heterocycles. The number of aromatic nitrogens is 2. The fraction of sp³-hybridized carbons (Fsp3) is 0.375. The molecular weight excluding hydrogens is 238 g/mol. The van der Waals surface area contributed by atoms with E-state index in [4.69, 9.17) is 16.9 Å². The Balaban J connectivity index is 3.28. The molecule has 0 amide bonds. The molecule has 15 heavy (non-hydrogen) atoms. The summed E-state index contributed by atoms with van der Waals surface area (Å²) in [7, 11) is -3.57. The van der Waals surface area contributed by atoms with Crippen LogP contribution >= 0.6 is 11.6 Å². The Labute approximate surface area is 92.7 Å². The first-order chi connectivity index (χ1) is 6.99. The van der Waals surface area contributed by atoms with Crippen molar-refractivity contribution in [3.05, 3.63) is 17.5 Å². The molecule has 0 fully saturated rings. The minimum atomic E-state index is -3.57. The minimum Gasteiger partial charge on any atom is -0.224 e. The SMILES string of the molecule is Cc1cc(C#N)nc(S(=O)(=O)CCCl)n1. The van der Waals surface area contributed by atoms with Gasteiger partial charge < -0.3 is 0 Å². The van der Waals surface area contributed by atoms with Crippen molar-refractivity contribution in [3.8, 4) is 6.07 Å². The van der Waals surface area contributed by atoms with Crippen LogP contribution in [0.25, 0.3) is 0 Å². The fourth-order valence-electron chi connectivity index (χ4n) is 0.931. The lowest BCUT2D eigenvalue weighted by molar-refractivity contribution is 0.587. The summed E-state index contributed by atoms with van der Waals surface area (Å²) in [6.45, 7) is 1.60. The first-order valence-electron chi connectivity index (χ1n) is 4.04. The Morgan fingerprint density at radius 1 is 1.53 bits per heavy atom. The number of hydrogen-bond acceptors (Lipinski definition) is 5. The molecule has 0 aliphatic rings. The van der Waals surface area contributed by atoms with Crippen molar-refractivity contribution in [3.63, 3.8) is 0 Å². The molecule has 7 heteroatoms. The quantitative estimate of drug-likeness (QED) is 0.577. The summed E-state index contributed by atoms with van der Waals surface area (Å²) in [4.78, 5) is 7.39. The molecule has 1 aromatic rings. The zero-order valence-corrected chi connectivity index (χ0v) is 9.51. The highest BCUT2D eigenvalue weighted by Gasteiger charge is 2.18. The number of aryl methyl sites for hydroxylation is 1. The third-order valence-corrected chi connectivity index (χ3v) is 3.47. The van der Waals surface area contributed by atoms with Crippen LogP contribution in [-0.2, 0) is 9.84 Å². The molecule has 0 atom stereocenters. The van der Waals surface area contributed by atoms with Crippen molar-refractivity contribution in [2.24, 2.45) is 0 Å². The number of halogens is 1. The van der Waals surface area contributed by atoms with Crippen LogP contribution in [0.1, 0.15) is 11.4 Å². The maximum Gasteiger partial charge on any atom is 0.248 e. The zero-order valence-electron chi connectivity index (χ0n) is 7.94. The van der Waals surface area contributed by atoms with Crippen LogP contribution in [0.3, 0.4) is 0 Å². The Hall–Kier alpha value is -1.19. The number of alkyl halides is 1. The predicted molar refractivity (Wildman–Crippen MR) is 54.3 cm³/mol. The van der Waals surface area contributed by atoms with Crippen LogP contribution in [0.2, 0.25) is 0 Å². The number of rotatable bonds is 3. The largest absolute Gasteiger partial charge is 0.248 e. The molecule has 0 saturated carbocycles. The molecule has 0 unspecified atom stereocenters. The van der Waals surface area contributed by atoms with Gasteiger partial charge in [-0.15, -0.1) is 11.6 Å². The van der Waals surface area contributed by atoms with E-state index in [1.165, 1.54) is 6.07 Å². The summed E-state index contributed by atoms with van der Waals surface area (Å²) in [5.41, 5.74) is 0.477. The average Bonchev–Trinajstić information content (AvgIpc) is 2.16. The minimum absolute atomic E-state index is 0.0263. The highest BCUT2D eigenvalue weighted by molar-refractivity contribution is 7.91. The summed E-state index contributed by atoms with van der Waals surface area (Å²) in [6.07, 6.45) is 0. The predicted octanol–water partition coefficient (Wildman–Crippen LogP) is 0.669. The molecule has 0 aliphatic carbocycles. The smallest absolute Gasteiger partial charge is 0.224 e. The standard InChI is InChI=1S/C8H8ClN3O2S/c1-6-4-7(5-10)12-8(11-6)15(13,14)3-2-9/h4H,2-3H2,1H3. The second kappa shape index (κ2) is 4.55. The van der Waals surface area contributed by atoms with Crippen molar-refractivity contribution >= 4 is 21.4 Å². The second-order valence-electron chi connectivity index (χ2n) is 2.80. The van der Waals surface area contributed by atoms with Gasteiger partial charge in [0.25, 0.3) is 0 Å². The van der Waals surface area contributed by atoms with Gasteiger partial charge >= 0.3 is 0 Å². The molecule has 5 nitrogen and oxygen atoms in total. The molecule has 0 aromatic carbocycles. The topological polar surface area (TPSA) is 83.7 Å². The van der Waals surface area contributed by atoms with Gasteiger partial charge in [0, 0.05) is 11.6 Å². The van der Waals surface area contributed by atoms with Crippen molar-refractivity contribution < 1.29 is 8.42 Å². The van der Waals surface area contributed by atoms with Gasteiger partial charge in [0.2, 0.25) is 15.0 Å². The van der Waals surface area contributed by atoms with E-state index in [0.717, 1.165) is 0 Å². The monoisotopic (exact) mass is 245 g/mol. The first kappa shape index (κ1) is 11.9. The van der Waals surface area contributed by atoms with Crippen LogP contribution < -0.4 is 0 Å². The summed E-state index contributed by atoms with van der Waals surface area (Å²) < 4.78 is 23.1. The van der Waals surface area contributed by atoms with E-state index >= 15 is 0 Å². The van der Waals surface area contributed by atoms with Gasteiger partial charge in [-0.3, -0.25) is 0 Å². The maximum absolute atomic E-state index is 11.5. The molecule has 0 spiro atoms. The zero-order chi connectivity index (χ0) is 11.5. The van der Waals surface area contributed by atoms with Crippen molar-refractivity contribution in [2.45, 2.75) is 12.1 Å². The summed E-state index contributed by atoms with van der Waals surface area (Å²) in [5.74, 6) is -0.260. The summed E-state index contributed by atoms with van der Waals surface area (Å²) in [5, 5.41) is 8.29. The van der Waals surface area contributed by atoms with Gasteiger partial charge in [0.05, 0.1) is 5.75 Å². The Bertz CT molecular complexity index is 507. The Kier molecular flexibility index (Phi) is 3.61. The van der Waals surface area contributed by atoms with Gasteiger partial charge in [-0.2, -0.15) is 5.26 Å². The molecule has 0 saturated heterocycles. The van der Waals surface area contributed by atoms with Gasteiger partial charge in [0.1, 0.15) is 11.8 Å². The van der Waals surface area contributed by atoms with Crippen LogP contribution in [-0.4, -0.2) is 30.0 Å².